The molecule has 2 aromatic carbocycles. The highest BCUT2D eigenvalue weighted by atomic mass is 16.5. The molecule has 0 aliphatic rings. The van der Waals surface area contributed by atoms with E-state index in [2.05, 4.69) is 5.32 Å². The Morgan fingerprint density at radius 3 is 2.41 bits per heavy atom. The Morgan fingerprint density at radius 2 is 1.73 bits per heavy atom. The molecule has 4 heteroatoms. The zero-order chi connectivity index (χ0) is 15.9. The molecule has 0 aromatic heterocycles. The number of nitrogens with one attached hydrogen (secondary N) is 1. The van der Waals surface area contributed by atoms with Crippen molar-refractivity contribution >= 4 is 11.6 Å². The van der Waals surface area contributed by atoms with Gasteiger partial charge in [-0.25, -0.2) is 0 Å². The third-order valence-corrected chi connectivity index (χ3v) is 3.18. The molecule has 0 saturated carbocycles. The maximum absolute atomic E-state index is 12.2. The molecule has 0 aliphatic carbocycles. The largest absolute Gasteiger partial charge is 0.455 e. The molecule has 22 heavy (non-hydrogen) atoms. The highest BCUT2D eigenvalue weighted by molar-refractivity contribution is 5.95. The fourth-order valence-corrected chi connectivity index (χ4v) is 2.11. The van der Waals surface area contributed by atoms with Crippen LogP contribution >= 0.6 is 0 Å². The van der Waals surface area contributed by atoms with Gasteiger partial charge in [-0.15, -0.1) is 0 Å². The highest BCUT2D eigenvalue weighted by Crippen LogP contribution is 2.29. The monoisotopic (exact) mass is 298 g/mol. The molecule has 0 fully saturated rings. The zero-order valence-corrected chi connectivity index (χ0v) is 13.0. The van der Waals surface area contributed by atoms with E-state index in [9.17, 15) is 4.79 Å². The maximum atomic E-state index is 12.2. The maximum Gasteiger partial charge on any atom is 0.241 e. The third kappa shape index (κ3) is 4.60. The van der Waals surface area contributed by atoms with E-state index < -0.39 is 6.04 Å². The average Bonchev–Trinajstić information content (AvgIpc) is 2.49. The zero-order valence-electron chi connectivity index (χ0n) is 13.0. The lowest BCUT2D eigenvalue weighted by molar-refractivity contribution is -0.117. The summed E-state index contributed by atoms with van der Waals surface area (Å²) in [6.45, 7) is 4.08. The number of hydrogen-bond donors (Lipinski definition) is 2. The van der Waals surface area contributed by atoms with Gasteiger partial charge in [0.05, 0.1) is 11.7 Å². The van der Waals surface area contributed by atoms with Gasteiger partial charge in [-0.3, -0.25) is 4.79 Å². The summed E-state index contributed by atoms with van der Waals surface area (Å²) in [5, 5.41) is 2.85. The fourth-order valence-electron chi connectivity index (χ4n) is 2.11. The van der Waals surface area contributed by atoms with E-state index >= 15 is 0 Å². The van der Waals surface area contributed by atoms with Crippen LogP contribution < -0.4 is 15.8 Å². The van der Waals surface area contributed by atoms with Gasteiger partial charge in [-0.05, 0) is 36.6 Å². The molecule has 0 aliphatic heterocycles. The van der Waals surface area contributed by atoms with Gasteiger partial charge in [0.15, 0.2) is 5.75 Å². The normalized spacial score (nSPS) is 12.0. The van der Waals surface area contributed by atoms with Crippen molar-refractivity contribution in [3.8, 4) is 11.5 Å². The minimum absolute atomic E-state index is 0.196. The molecule has 2 aromatic rings. The number of para-hydroxylation sites is 3. The first kappa shape index (κ1) is 16.0. The first-order valence-corrected chi connectivity index (χ1v) is 7.44. The van der Waals surface area contributed by atoms with Crippen LogP contribution in [0.4, 0.5) is 5.69 Å². The van der Waals surface area contributed by atoms with Crippen molar-refractivity contribution in [2.45, 2.75) is 26.3 Å². The lowest BCUT2D eigenvalue weighted by Gasteiger charge is -2.16. The van der Waals surface area contributed by atoms with Crippen LogP contribution in [-0.2, 0) is 4.79 Å². The first-order valence-electron chi connectivity index (χ1n) is 7.44. The van der Waals surface area contributed by atoms with Crippen LogP contribution in [0.3, 0.4) is 0 Å². The number of ether oxygens (including phenoxy) is 1. The van der Waals surface area contributed by atoms with Crippen LogP contribution in [0.25, 0.3) is 0 Å². The van der Waals surface area contributed by atoms with Gasteiger partial charge in [-0.1, -0.05) is 44.2 Å². The van der Waals surface area contributed by atoms with Crippen LogP contribution in [-0.4, -0.2) is 11.9 Å². The topological polar surface area (TPSA) is 64.4 Å². The molecule has 0 bridgehead atoms. The highest BCUT2D eigenvalue weighted by Gasteiger charge is 2.16. The second kappa shape index (κ2) is 7.61. The van der Waals surface area contributed by atoms with E-state index in [4.69, 9.17) is 10.5 Å². The summed E-state index contributed by atoms with van der Waals surface area (Å²) < 4.78 is 5.82. The summed E-state index contributed by atoms with van der Waals surface area (Å²) in [7, 11) is 0. The summed E-state index contributed by atoms with van der Waals surface area (Å²) in [4.78, 5) is 12.2. The van der Waals surface area contributed by atoms with Crippen molar-refractivity contribution in [2.24, 2.45) is 11.7 Å². The Labute approximate surface area is 131 Å². The van der Waals surface area contributed by atoms with Crippen LogP contribution in [0, 0.1) is 5.92 Å². The molecule has 116 valence electrons. The summed E-state index contributed by atoms with van der Waals surface area (Å²) in [6.07, 6.45) is 0.646. The van der Waals surface area contributed by atoms with Crippen molar-refractivity contribution < 1.29 is 9.53 Å². The molecule has 3 N–H and O–H groups in total. The van der Waals surface area contributed by atoms with Gasteiger partial charge >= 0.3 is 0 Å². The molecular formula is C18H22N2O2. The van der Waals surface area contributed by atoms with Gasteiger partial charge in [0.25, 0.3) is 0 Å². The van der Waals surface area contributed by atoms with E-state index in [1.807, 2.05) is 62.4 Å². The van der Waals surface area contributed by atoms with Crippen molar-refractivity contribution in [3.05, 3.63) is 54.6 Å². The second-order valence-electron chi connectivity index (χ2n) is 5.64. The number of benzene rings is 2. The quantitative estimate of drug-likeness (QED) is 0.852. The van der Waals surface area contributed by atoms with Gasteiger partial charge in [0.1, 0.15) is 5.75 Å². The van der Waals surface area contributed by atoms with Crippen LogP contribution in [0.1, 0.15) is 20.3 Å². The minimum atomic E-state index is -0.523. The van der Waals surface area contributed by atoms with E-state index in [1.54, 1.807) is 6.07 Å². The number of nitrogens with two attached hydrogens (primary N) is 1. The Morgan fingerprint density at radius 1 is 1.09 bits per heavy atom. The van der Waals surface area contributed by atoms with Crippen molar-refractivity contribution in [1.82, 2.24) is 0 Å². The van der Waals surface area contributed by atoms with Gasteiger partial charge in [0, 0.05) is 0 Å². The molecular weight excluding hydrogens is 276 g/mol. The van der Waals surface area contributed by atoms with Crippen LogP contribution in [0.15, 0.2) is 54.6 Å². The number of anilines is 1. The van der Waals surface area contributed by atoms with Crippen molar-refractivity contribution in [3.63, 3.8) is 0 Å². The van der Waals surface area contributed by atoms with Gasteiger partial charge in [0.2, 0.25) is 5.91 Å². The number of hydrogen-bond acceptors (Lipinski definition) is 3. The molecule has 0 saturated heterocycles. The van der Waals surface area contributed by atoms with E-state index in [-0.39, 0.29) is 5.91 Å². The molecule has 2 rings (SSSR count). The predicted molar refractivity (Wildman–Crippen MR) is 89.0 cm³/mol. The smallest absolute Gasteiger partial charge is 0.241 e. The van der Waals surface area contributed by atoms with Crippen LogP contribution in [0.2, 0.25) is 0 Å². The second-order valence-corrected chi connectivity index (χ2v) is 5.64. The summed E-state index contributed by atoms with van der Waals surface area (Å²) >= 11 is 0. The van der Waals surface area contributed by atoms with Gasteiger partial charge < -0.3 is 15.8 Å². The summed E-state index contributed by atoms with van der Waals surface area (Å²) in [5.74, 6) is 1.49. The molecule has 0 radical (unpaired) electrons. The average molecular weight is 298 g/mol. The Bertz CT molecular complexity index is 611. The number of rotatable bonds is 6. The third-order valence-electron chi connectivity index (χ3n) is 3.18. The molecule has 1 unspecified atom stereocenters. The van der Waals surface area contributed by atoms with Crippen molar-refractivity contribution in [1.29, 1.82) is 0 Å². The lowest BCUT2D eigenvalue weighted by atomic mass is 10.0. The Balaban J connectivity index is 2.10. The fraction of sp³-hybridized carbons (Fsp3) is 0.278. The summed E-state index contributed by atoms with van der Waals surface area (Å²) in [6, 6.07) is 16.3. The van der Waals surface area contributed by atoms with E-state index in [0.717, 1.165) is 5.75 Å². The molecule has 1 atom stereocenters. The molecule has 0 heterocycles. The van der Waals surface area contributed by atoms with E-state index in [0.29, 0.717) is 23.8 Å². The molecule has 0 spiro atoms. The summed E-state index contributed by atoms with van der Waals surface area (Å²) in [5.41, 5.74) is 6.54. The van der Waals surface area contributed by atoms with Gasteiger partial charge in [-0.2, -0.15) is 0 Å². The lowest BCUT2D eigenvalue weighted by Crippen LogP contribution is -2.36. The number of carbonyl (C=O) groups is 1. The Hall–Kier alpha value is -2.33. The minimum Gasteiger partial charge on any atom is -0.455 e. The predicted octanol–water partition coefficient (Wildman–Crippen LogP) is 3.79. The number of amides is 1. The Kier molecular flexibility index (Phi) is 5.55. The van der Waals surface area contributed by atoms with Crippen molar-refractivity contribution in [2.75, 3.05) is 5.32 Å². The van der Waals surface area contributed by atoms with E-state index in [1.165, 1.54) is 0 Å². The number of carbonyl (C=O) groups excluding carboxylic acids is 1. The SMILES string of the molecule is CC(C)CC(N)C(=O)Nc1ccccc1Oc1ccccc1. The first-order chi connectivity index (χ1) is 10.6. The molecule has 4 nitrogen and oxygen atoms in total. The molecule has 1 amide bonds. The van der Waals surface area contributed by atoms with Crippen LogP contribution in [0.5, 0.6) is 11.5 Å². The standard InChI is InChI=1S/C18H22N2O2/c1-13(2)12-15(19)18(21)20-16-10-6-7-11-17(16)22-14-8-4-3-5-9-14/h3-11,13,15H,12,19H2,1-2H3,(H,20,21).